The Hall–Kier alpha value is -3.47. The maximum Gasteiger partial charge on any atom is 0.416 e. The number of pyridine rings is 1. The molecule has 160 valence electrons. The van der Waals surface area contributed by atoms with Crippen molar-refractivity contribution in [3.63, 3.8) is 0 Å². The Morgan fingerprint density at radius 1 is 1.23 bits per heavy atom. The molecule has 0 fully saturated rings. The third-order valence-corrected chi connectivity index (χ3v) is 5.00. The van der Waals surface area contributed by atoms with E-state index in [9.17, 15) is 18.0 Å². The van der Waals surface area contributed by atoms with Crippen LogP contribution in [0.5, 0.6) is 0 Å². The number of alkyl halides is 3. The molecule has 0 bridgehead atoms. The zero-order valence-electron chi connectivity index (χ0n) is 16.2. The van der Waals surface area contributed by atoms with Gasteiger partial charge in [-0.15, -0.1) is 5.10 Å². The summed E-state index contributed by atoms with van der Waals surface area (Å²) in [7, 11) is 0. The number of rotatable bonds is 4. The Balaban J connectivity index is 1.63. The number of fused-ring (bicyclic) bond motifs is 1. The van der Waals surface area contributed by atoms with E-state index in [1.165, 1.54) is 18.6 Å². The second-order valence-corrected chi connectivity index (χ2v) is 7.69. The van der Waals surface area contributed by atoms with Crippen molar-refractivity contribution >= 4 is 28.5 Å². The predicted molar refractivity (Wildman–Crippen MR) is 106 cm³/mol. The van der Waals surface area contributed by atoms with Crippen LogP contribution in [0.15, 0.2) is 42.9 Å². The predicted octanol–water partition coefficient (Wildman–Crippen LogP) is 3.88. The van der Waals surface area contributed by atoms with Crippen LogP contribution in [-0.4, -0.2) is 36.1 Å². The van der Waals surface area contributed by atoms with Crippen LogP contribution in [0, 0.1) is 0 Å². The third kappa shape index (κ3) is 3.96. The average molecular weight is 450 g/mol. The lowest BCUT2D eigenvalue weighted by Gasteiger charge is -2.23. The Morgan fingerprint density at radius 3 is 2.74 bits per heavy atom. The van der Waals surface area contributed by atoms with Gasteiger partial charge < -0.3 is 5.32 Å². The molecule has 2 N–H and O–H groups in total. The van der Waals surface area contributed by atoms with Gasteiger partial charge >= 0.3 is 6.18 Å². The summed E-state index contributed by atoms with van der Waals surface area (Å²) in [6.45, 7) is 3.39. The SMILES string of the molecule is CC(C)(NC(=O)c1ccnc2[nH]ncc12)c1cn(-c2cc(C(F)(F)F)ccc2Cl)nn1. The summed E-state index contributed by atoms with van der Waals surface area (Å²) in [4.78, 5) is 16.9. The van der Waals surface area contributed by atoms with E-state index in [-0.39, 0.29) is 10.7 Å². The summed E-state index contributed by atoms with van der Waals surface area (Å²) in [5, 5.41) is 18.0. The average Bonchev–Trinajstić information content (AvgIpc) is 3.36. The van der Waals surface area contributed by atoms with Gasteiger partial charge in [0.05, 0.1) is 45.2 Å². The maximum atomic E-state index is 13.1. The number of amides is 1. The third-order valence-electron chi connectivity index (χ3n) is 4.68. The standard InChI is InChI=1S/C19H15ClF3N7O/c1-18(2,26-17(31)11-5-6-24-16-12(11)8-25-28-16)15-9-30(29-27-15)14-7-10(19(21,22)23)3-4-13(14)20/h3-9H,1-2H3,(H,26,31)(H,24,25,28). The van der Waals surface area contributed by atoms with Crippen molar-refractivity contribution in [3.05, 3.63) is 64.7 Å². The lowest BCUT2D eigenvalue weighted by atomic mass is 10.0. The Labute approximate surface area is 178 Å². The first-order valence-electron chi connectivity index (χ1n) is 8.97. The number of hydrogen-bond acceptors (Lipinski definition) is 5. The van der Waals surface area contributed by atoms with Crippen LogP contribution in [0.3, 0.4) is 0 Å². The van der Waals surface area contributed by atoms with Gasteiger partial charge in [-0.05, 0) is 38.1 Å². The number of H-pyrrole nitrogens is 1. The van der Waals surface area contributed by atoms with Crippen molar-refractivity contribution in [3.8, 4) is 5.69 Å². The van der Waals surface area contributed by atoms with Gasteiger partial charge in [-0.1, -0.05) is 16.8 Å². The molecule has 0 aliphatic carbocycles. The molecule has 0 saturated heterocycles. The number of halogens is 4. The molecule has 0 radical (unpaired) electrons. The number of hydrogen-bond donors (Lipinski definition) is 2. The topological polar surface area (TPSA) is 101 Å². The molecule has 8 nitrogen and oxygen atoms in total. The quantitative estimate of drug-likeness (QED) is 0.492. The van der Waals surface area contributed by atoms with E-state index in [0.717, 1.165) is 22.9 Å². The van der Waals surface area contributed by atoms with Crippen molar-refractivity contribution in [1.82, 2.24) is 35.5 Å². The first kappa shape index (κ1) is 20.8. The lowest BCUT2D eigenvalue weighted by Crippen LogP contribution is -2.41. The fourth-order valence-electron chi connectivity index (χ4n) is 3.00. The molecule has 1 aromatic carbocycles. The Kier molecular flexibility index (Phi) is 4.92. The number of aromatic amines is 1. The van der Waals surface area contributed by atoms with Crippen LogP contribution in [0.1, 0.15) is 35.5 Å². The highest BCUT2D eigenvalue weighted by molar-refractivity contribution is 6.32. The molecule has 1 amide bonds. The summed E-state index contributed by atoms with van der Waals surface area (Å²) in [6, 6.07) is 4.48. The highest BCUT2D eigenvalue weighted by atomic mass is 35.5. The van der Waals surface area contributed by atoms with E-state index in [4.69, 9.17) is 11.6 Å². The van der Waals surface area contributed by atoms with E-state index in [1.807, 2.05) is 0 Å². The molecule has 0 aliphatic heterocycles. The van der Waals surface area contributed by atoms with Gasteiger partial charge in [0.25, 0.3) is 5.91 Å². The summed E-state index contributed by atoms with van der Waals surface area (Å²) in [5.74, 6) is -0.398. The summed E-state index contributed by atoms with van der Waals surface area (Å²) < 4.78 is 40.3. The van der Waals surface area contributed by atoms with Crippen LogP contribution in [0.2, 0.25) is 5.02 Å². The molecule has 0 unspecified atom stereocenters. The lowest BCUT2D eigenvalue weighted by molar-refractivity contribution is -0.137. The first-order valence-corrected chi connectivity index (χ1v) is 9.34. The highest BCUT2D eigenvalue weighted by Gasteiger charge is 2.32. The van der Waals surface area contributed by atoms with Gasteiger partial charge in [-0.2, -0.15) is 18.3 Å². The molecular formula is C19H15ClF3N7O. The van der Waals surface area contributed by atoms with Crippen molar-refractivity contribution in [2.24, 2.45) is 0 Å². The molecule has 0 aliphatic rings. The smallest absolute Gasteiger partial charge is 0.341 e. The fourth-order valence-corrected chi connectivity index (χ4v) is 3.20. The molecule has 4 aromatic rings. The number of nitrogens with one attached hydrogen (secondary N) is 2. The molecule has 3 aromatic heterocycles. The zero-order chi connectivity index (χ0) is 22.4. The van der Waals surface area contributed by atoms with Crippen LogP contribution in [-0.2, 0) is 11.7 Å². The molecule has 3 heterocycles. The molecule has 0 spiro atoms. The molecule has 4 rings (SSSR count). The molecule has 0 saturated carbocycles. The first-order chi connectivity index (χ1) is 14.6. The van der Waals surface area contributed by atoms with E-state index in [1.54, 1.807) is 19.9 Å². The van der Waals surface area contributed by atoms with Gasteiger partial charge in [-0.3, -0.25) is 9.89 Å². The highest BCUT2D eigenvalue weighted by Crippen LogP contribution is 2.33. The van der Waals surface area contributed by atoms with E-state index in [2.05, 4.69) is 30.8 Å². The van der Waals surface area contributed by atoms with Crippen molar-refractivity contribution in [2.75, 3.05) is 0 Å². The zero-order valence-corrected chi connectivity index (χ0v) is 17.0. The number of carbonyl (C=O) groups excluding carboxylic acids is 1. The number of benzene rings is 1. The Morgan fingerprint density at radius 2 is 2.00 bits per heavy atom. The minimum Gasteiger partial charge on any atom is -0.341 e. The number of aromatic nitrogens is 6. The van der Waals surface area contributed by atoms with Gasteiger partial charge in [0.15, 0.2) is 5.65 Å². The molecule has 31 heavy (non-hydrogen) atoms. The van der Waals surface area contributed by atoms with E-state index >= 15 is 0 Å². The maximum absolute atomic E-state index is 13.1. The van der Waals surface area contributed by atoms with Crippen molar-refractivity contribution in [1.29, 1.82) is 0 Å². The second-order valence-electron chi connectivity index (χ2n) is 7.28. The minimum absolute atomic E-state index is 0.0200. The summed E-state index contributed by atoms with van der Waals surface area (Å²) in [6.07, 6.45) is -0.134. The van der Waals surface area contributed by atoms with Crippen LogP contribution < -0.4 is 5.32 Å². The number of carbonyl (C=O) groups is 1. The van der Waals surface area contributed by atoms with Gasteiger partial charge in [0.1, 0.15) is 5.69 Å². The summed E-state index contributed by atoms with van der Waals surface area (Å²) >= 11 is 6.07. The monoisotopic (exact) mass is 449 g/mol. The molecule has 12 heteroatoms. The normalized spacial score (nSPS) is 12.3. The van der Waals surface area contributed by atoms with Gasteiger partial charge in [0.2, 0.25) is 0 Å². The number of nitrogens with zero attached hydrogens (tertiary/aromatic N) is 5. The van der Waals surface area contributed by atoms with Crippen LogP contribution in [0.25, 0.3) is 16.7 Å². The van der Waals surface area contributed by atoms with Crippen molar-refractivity contribution in [2.45, 2.75) is 25.6 Å². The Bertz CT molecular complexity index is 1280. The second kappa shape index (κ2) is 7.34. The molecule has 0 atom stereocenters. The summed E-state index contributed by atoms with van der Waals surface area (Å²) in [5.41, 5.74) is -0.685. The van der Waals surface area contributed by atoms with Crippen LogP contribution >= 0.6 is 11.6 Å². The fraction of sp³-hybridized carbons (Fsp3) is 0.211. The molecular weight excluding hydrogens is 435 g/mol. The van der Waals surface area contributed by atoms with Gasteiger partial charge in [0, 0.05) is 6.20 Å². The van der Waals surface area contributed by atoms with E-state index in [0.29, 0.717) is 22.3 Å². The largest absolute Gasteiger partial charge is 0.416 e. The van der Waals surface area contributed by atoms with Gasteiger partial charge in [-0.25, -0.2) is 9.67 Å². The van der Waals surface area contributed by atoms with Crippen molar-refractivity contribution < 1.29 is 18.0 Å². The van der Waals surface area contributed by atoms with E-state index < -0.39 is 23.2 Å². The van der Waals surface area contributed by atoms with Crippen LogP contribution in [0.4, 0.5) is 13.2 Å². The minimum atomic E-state index is -4.53.